The zero-order valence-corrected chi connectivity index (χ0v) is 10.8. The van der Waals surface area contributed by atoms with E-state index in [9.17, 15) is 13.2 Å². The first-order valence-corrected chi connectivity index (χ1v) is 5.98. The maximum absolute atomic E-state index is 13.3. The van der Waals surface area contributed by atoms with E-state index in [1.54, 1.807) is 12.1 Å². The molecule has 0 bridgehead atoms. The van der Waals surface area contributed by atoms with Gasteiger partial charge >= 0.3 is 0 Å². The van der Waals surface area contributed by atoms with Gasteiger partial charge in [-0.05, 0) is 40.2 Å². The van der Waals surface area contributed by atoms with E-state index in [-0.39, 0.29) is 6.54 Å². The summed E-state index contributed by atoms with van der Waals surface area (Å²) < 4.78 is 39.6. The Morgan fingerprint density at radius 1 is 0.944 bits per heavy atom. The average Bonchev–Trinajstić information content (AvgIpc) is 2.32. The molecule has 18 heavy (non-hydrogen) atoms. The van der Waals surface area contributed by atoms with Crippen LogP contribution < -0.4 is 5.32 Å². The molecule has 0 aliphatic carbocycles. The fourth-order valence-electron chi connectivity index (χ4n) is 1.47. The number of halogens is 4. The van der Waals surface area contributed by atoms with Crippen molar-refractivity contribution in [2.24, 2.45) is 0 Å². The molecule has 0 fully saturated rings. The van der Waals surface area contributed by atoms with Gasteiger partial charge < -0.3 is 5.32 Å². The van der Waals surface area contributed by atoms with Crippen LogP contribution in [-0.2, 0) is 6.54 Å². The predicted molar refractivity (Wildman–Crippen MR) is 67.8 cm³/mol. The Hall–Kier alpha value is -1.49. The zero-order chi connectivity index (χ0) is 13.1. The molecule has 2 aromatic rings. The predicted octanol–water partition coefficient (Wildman–Crippen LogP) is 4.48. The Morgan fingerprint density at radius 3 is 2.39 bits per heavy atom. The summed E-state index contributed by atoms with van der Waals surface area (Å²) in [6.45, 7) is 0.160. The summed E-state index contributed by atoms with van der Waals surface area (Å²) in [4.78, 5) is 0. The van der Waals surface area contributed by atoms with E-state index in [0.717, 1.165) is 6.07 Å². The Kier molecular flexibility index (Phi) is 3.91. The van der Waals surface area contributed by atoms with Crippen LogP contribution in [0.1, 0.15) is 5.56 Å². The first-order chi connectivity index (χ1) is 8.56. The lowest BCUT2D eigenvalue weighted by Crippen LogP contribution is -2.02. The number of hydrogen-bond acceptors (Lipinski definition) is 1. The van der Waals surface area contributed by atoms with Crippen LogP contribution in [0.15, 0.2) is 40.9 Å². The van der Waals surface area contributed by atoms with Crippen molar-refractivity contribution in [1.82, 2.24) is 0 Å². The molecule has 2 aromatic carbocycles. The highest BCUT2D eigenvalue weighted by molar-refractivity contribution is 9.10. The topological polar surface area (TPSA) is 12.0 Å². The standard InChI is InChI=1S/C13H9BrF3N/c14-11-4-3-10(6-13(11)17)18-7-8-1-2-9(15)5-12(8)16/h1-6,18H,7H2. The molecule has 0 spiro atoms. The first-order valence-electron chi connectivity index (χ1n) is 5.19. The van der Waals surface area contributed by atoms with E-state index in [2.05, 4.69) is 21.2 Å². The molecule has 0 amide bonds. The number of hydrogen-bond donors (Lipinski definition) is 1. The van der Waals surface area contributed by atoms with Gasteiger partial charge in [0.05, 0.1) is 4.47 Å². The molecule has 0 aliphatic rings. The van der Waals surface area contributed by atoms with Gasteiger partial charge in [0.1, 0.15) is 17.5 Å². The summed E-state index contributed by atoms with van der Waals surface area (Å²) in [6, 6.07) is 7.87. The normalized spacial score (nSPS) is 10.4. The average molecular weight is 316 g/mol. The SMILES string of the molecule is Fc1ccc(CNc2ccc(Br)c(F)c2)c(F)c1. The highest BCUT2D eigenvalue weighted by Gasteiger charge is 2.04. The van der Waals surface area contributed by atoms with Crippen LogP contribution in [0.3, 0.4) is 0 Å². The van der Waals surface area contributed by atoms with Crippen molar-refractivity contribution in [3.63, 3.8) is 0 Å². The molecule has 0 saturated heterocycles. The van der Waals surface area contributed by atoms with Crippen molar-refractivity contribution in [2.45, 2.75) is 6.54 Å². The third kappa shape index (κ3) is 3.04. The molecule has 0 heterocycles. The van der Waals surface area contributed by atoms with Gasteiger partial charge in [0.2, 0.25) is 0 Å². The second kappa shape index (κ2) is 5.44. The minimum Gasteiger partial charge on any atom is -0.381 e. The van der Waals surface area contributed by atoms with Gasteiger partial charge in [0.15, 0.2) is 0 Å². The summed E-state index contributed by atoms with van der Waals surface area (Å²) in [5, 5.41) is 2.87. The number of nitrogens with one attached hydrogen (secondary N) is 1. The molecule has 0 aromatic heterocycles. The largest absolute Gasteiger partial charge is 0.381 e. The summed E-state index contributed by atoms with van der Waals surface area (Å²) in [5.74, 6) is -1.65. The fraction of sp³-hybridized carbons (Fsp3) is 0.0769. The van der Waals surface area contributed by atoms with Crippen molar-refractivity contribution in [2.75, 3.05) is 5.32 Å². The summed E-state index contributed by atoms with van der Waals surface area (Å²) in [5.41, 5.74) is 0.846. The molecule has 1 nitrogen and oxygen atoms in total. The Morgan fingerprint density at radius 2 is 1.72 bits per heavy atom. The van der Waals surface area contributed by atoms with Gasteiger partial charge in [-0.2, -0.15) is 0 Å². The minimum absolute atomic E-state index is 0.160. The van der Waals surface area contributed by atoms with E-state index < -0.39 is 17.5 Å². The van der Waals surface area contributed by atoms with Crippen LogP contribution in [-0.4, -0.2) is 0 Å². The van der Waals surface area contributed by atoms with Crippen molar-refractivity contribution in [1.29, 1.82) is 0 Å². The summed E-state index contributed by atoms with van der Waals surface area (Å²) >= 11 is 3.04. The fourth-order valence-corrected chi connectivity index (χ4v) is 1.72. The number of anilines is 1. The Bertz CT molecular complexity index is 572. The van der Waals surface area contributed by atoms with Crippen LogP contribution in [0.5, 0.6) is 0 Å². The lowest BCUT2D eigenvalue weighted by atomic mass is 10.2. The van der Waals surface area contributed by atoms with E-state index in [1.165, 1.54) is 18.2 Å². The maximum Gasteiger partial charge on any atom is 0.139 e. The van der Waals surface area contributed by atoms with Gasteiger partial charge in [-0.25, -0.2) is 13.2 Å². The van der Waals surface area contributed by atoms with Gasteiger partial charge in [0.25, 0.3) is 0 Å². The van der Waals surface area contributed by atoms with Crippen molar-refractivity contribution < 1.29 is 13.2 Å². The maximum atomic E-state index is 13.3. The summed E-state index contributed by atoms with van der Waals surface area (Å²) in [7, 11) is 0. The van der Waals surface area contributed by atoms with Crippen LogP contribution in [0.2, 0.25) is 0 Å². The molecule has 94 valence electrons. The van der Waals surface area contributed by atoms with Gasteiger partial charge in [0, 0.05) is 23.9 Å². The number of rotatable bonds is 3. The third-order valence-corrected chi connectivity index (χ3v) is 3.06. The van der Waals surface area contributed by atoms with E-state index in [0.29, 0.717) is 15.7 Å². The van der Waals surface area contributed by atoms with Gasteiger partial charge in [-0.15, -0.1) is 0 Å². The molecule has 2 rings (SSSR count). The van der Waals surface area contributed by atoms with E-state index in [1.807, 2.05) is 0 Å². The molecular formula is C13H9BrF3N. The second-order valence-corrected chi connectivity index (χ2v) is 4.57. The van der Waals surface area contributed by atoms with Crippen molar-refractivity contribution >= 4 is 21.6 Å². The zero-order valence-electron chi connectivity index (χ0n) is 9.18. The smallest absolute Gasteiger partial charge is 0.139 e. The lowest BCUT2D eigenvalue weighted by Gasteiger charge is -2.08. The highest BCUT2D eigenvalue weighted by atomic mass is 79.9. The number of benzene rings is 2. The molecule has 0 atom stereocenters. The van der Waals surface area contributed by atoms with Crippen molar-refractivity contribution in [3.8, 4) is 0 Å². The van der Waals surface area contributed by atoms with E-state index in [4.69, 9.17) is 0 Å². The third-order valence-electron chi connectivity index (χ3n) is 2.42. The van der Waals surface area contributed by atoms with Crippen LogP contribution in [0.4, 0.5) is 18.9 Å². The molecule has 1 N–H and O–H groups in total. The first kappa shape index (κ1) is 13.0. The Balaban J connectivity index is 2.09. The van der Waals surface area contributed by atoms with Gasteiger partial charge in [-0.3, -0.25) is 0 Å². The monoisotopic (exact) mass is 315 g/mol. The molecule has 0 saturated carbocycles. The van der Waals surface area contributed by atoms with Crippen LogP contribution in [0.25, 0.3) is 0 Å². The molecule has 5 heteroatoms. The lowest BCUT2D eigenvalue weighted by molar-refractivity contribution is 0.574. The second-order valence-electron chi connectivity index (χ2n) is 3.72. The quantitative estimate of drug-likeness (QED) is 0.880. The molecular weight excluding hydrogens is 307 g/mol. The van der Waals surface area contributed by atoms with Crippen LogP contribution >= 0.6 is 15.9 Å². The van der Waals surface area contributed by atoms with Crippen molar-refractivity contribution in [3.05, 3.63) is 63.9 Å². The van der Waals surface area contributed by atoms with Crippen LogP contribution in [0, 0.1) is 17.5 Å². The molecule has 0 unspecified atom stereocenters. The Labute approximate surface area is 111 Å². The van der Waals surface area contributed by atoms with E-state index >= 15 is 0 Å². The summed E-state index contributed by atoms with van der Waals surface area (Å²) in [6.07, 6.45) is 0. The molecule has 0 radical (unpaired) electrons. The van der Waals surface area contributed by atoms with Gasteiger partial charge in [-0.1, -0.05) is 6.07 Å². The molecule has 0 aliphatic heterocycles. The highest BCUT2D eigenvalue weighted by Crippen LogP contribution is 2.20. The minimum atomic E-state index is -0.625.